The van der Waals surface area contributed by atoms with Crippen molar-refractivity contribution in [1.29, 1.82) is 0 Å². The minimum Gasteiger partial charge on any atom is -0.490 e. The van der Waals surface area contributed by atoms with Crippen LogP contribution in [0.3, 0.4) is 0 Å². The first kappa shape index (κ1) is 22.6. The Bertz CT molecular complexity index is 1000. The van der Waals surface area contributed by atoms with Crippen LogP contribution in [0.2, 0.25) is 0 Å². The minimum atomic E-state index is -2.59. The van der Waals surface area contributed by atoms with Crippen molar-refractivity contribution >= 4 is 16.7 Å². The molecular weight excluding hydrogens is 424 g/mol. The maximum atomic E-state index is 14.1. The van der Waals surface area contributed by atoms with E-state index in [0.29, 0.717) is 42.0 Å². The number of piperidine rings is 1. The van der Waals surface area contributed by atoms with Crippen LogP contribution in [0.5, 0.6) is 5.75 Å². The number of nitrogens with zero attached hydrogens (tertiary/aromatic N) is 1. The number of fused-ring (bicyclic) bond motifs is 3. The molecule has 1 saturated carbocycles. The van der Waals surface area contributed by atoms with E-state index in [0.717, 1.165) is 56.0 Å². The zero-order valence-corrected chi connectivity index (χ0v) is 19.2. The zero-order chi connectivity index (χ0) is 23.1. The first-order chi connectivity index (χ1) is 15.9. The molecule has 0 spiro atoms. The number of carbonyl (C=O) groups is 1. The van der Waals surface area contributed by atoms with Gasteiger partial charge < -0.3 is 9.84 Å². The molecule has 2 aliphatic heterocycles. The summed E-state index contributed by atoms with van der Waals surface area (Å²) in [4.78, 5) is 13.9. The number of aliphatic carboxylic acids is 1. The molecule has 0 radical (unpaired) electrons. The van der Waals surface area contributed by atoms with Gasteiger partial charge in [-0.15, -0.1) is 0 Å². The Hall–Kier alpha value is -2.21. The second-order valence-corrected chi connectivity index (χ2v) is 10.4. The summed E-state index contributed by atoms with van der Waals surface area (Å²) in [6.45, 7) is 2.97. The van der Waals surface area contributed by atoms with Crippen LogP contribution < -0.4 is 4.74 Å². The van der Waals surface area contributed by atoms with Crippen LogP contribution in [-0.4, -0.2) is 34.2 Å². The van der Waals surface area contributed by atoms with Crippen LogP contribution >= 0.6 is 0 Å². The van der Waals surface area contributed by atoms with Gasteiger partial charge in [-0.25, -0.2) is 8.78 Å². The van der Waals surface area contributed by atoms with Crippen LogP contribution in [0.15, 0.2) is 30.3 Å². The fourth-order valence-corrected chi connectivity index (χ4v) is 6.28. The second kappa shape index (κ2) is 9.21. The molecule has 2 aromatic rings. The summed E-state index contributed by atoms with van der Waals surface area (Å²) in [7, 11) is 0. The number of benzene rings is 2. The van der Waals surface area contributed by atoms with Crippen molar-refractivity contribution in [3.05, 3.63) is 41.5 Å². The molecule has 2 atom stereocenters. The standard InChI is InChI=1S/C27H33F2NO3/c1-16-2-8-22(9-3-16)33-24-11-5-18-12-17(4-10-23(18)25(24)26(28)29)15-30-20-6-7-21(30)14-19(13-20)27(31)32/h4-5,10-12,16,19-22,26H,2-3,6-9,13-15H2,1H3,(H,31,32). The first-order valence-corrected chi connectivity index (χ1v) is 12.4. The molecule has 0 aromatic heterocycles. The number of carboxylic acid groups (broad SMARTS) is 1. The van der Waals surface area contributed by atoms with E-state index in [-0.39, 0.29) is 17.6 Å². The zero-order valence-electron chi connectivity index (χ0n) is 19.2. The highest BCUT2D eigenvalue weighted by Crippen LogP contribution is 2.41. The van der Waals surface area contributed by atoms with Gasteiger partial charge in [-0.1, -0.05) is 25.1 Å². The minimum absolute atomic E-state index is 0.0000129. The third-order valence-corrected chi connectivity index (χ3v) is 8.16. The van der Waals surface area contributed by atoms with Crippen molar-refractivity contribution in [2.45, 2.75) is 89.4 Å². The third kappa shape index (κ3) is 4.59. The molecule has 2 unspecified atom stereocenters. The number of ether oxygens (including phenoxy) is 1. The molecule has 4 nitrogen and oxygen atoms in total. The lowest BCUT2D eigenvalue weighted by atomic mass is 9.89. The van der Waals surface area contributed by atoms with Crippen molar-refractivity contribution < 1.29 is 23.4 Å². The summed E-state index contributed by atoms with van der Waals surface area (Å²) in [6.07, 6.45) is 4.90. The Labute approximate surface area is 193 Å². The van der Waals surface area contributed by atoms with Gasteiger partial charge in [0, 0.05) is 18.6 Å². The molecule has 2 saturated heterocycles. The summed E-state index contributed by atoms with van der Waals surface area (Å²) in [5, 5.41) is 10.8. The molecule has 6 heteroatoms. The molecule has 1 aliphatic carbocycles. The molecule has 1 N–H and O–H groups in total. The van der Waals surface area contributed by atoms with Crippen LogP contribution in [-0.2, 0) is 11.3 Å². The molecule has 2 bridgehead atoms. The molecule has 33 heavy (non-hydrogen) atoms. The Morgan fingerprint density at radius 2 is 1.76 bits per heavy atom. The van der Waals surface area contributed by atoms with E-state index in [1.54, 1.807) is 6.07 Å². The molecule has 2 aromatic carbocycles. The van der Waals surface area contributed by atoms with Gasteiger partial charge in [-0.3, -0.25) is 9.69 Å². The molecule has 3 aliphatic rings. The molecular formula is C27H33F2NO3. The molecule has 0 amide bonds. The highest BCUT2D eigenvalue weighted by Gasteiger charge is 2.42. The fourth-order valence-electron chi connectivity index (χ4n) is 6.28. The van der Waals surface area contributed by atoms with E-state index >= 15 is 0 Å². The Balaban J connectivity index is 1.36. The SMILES string of the molecule is CC1CCC(Oc2ccc3cc(CN4C5CCC4CC(C(=O)O)C5)ccc3c2C(F)F)CC1. The number of alkyl halides is 2. The van der Waals surface area contributed by atoms with E-state index in [1.807, 2.05) is 24.3 Å². The van der Waals surface area contributed by atoms with E-state index in [2.05, 4.69) is 11.8 Å². The number of carboxylic acids is 1. The molecule has 2 heterocycles. The highest BCUT2D eigenvalue weighted by atomic mass is 19.3. The average Bonchev–Trinajstić information content (AvgIpc) is 3.01. The van der Waals surface area contributed by atoms with Gasteiger partial charge in [0.1, 0.15) is 5.75 Å². The van der Waals surface area contributed by atoms with Crippen molar-refractivity contribution in [2.24, 2.45) is 11.8 Å². The van der Waals surface area contributed by atoms with Crippen molar-refractivity contribution in [1.82, 2.24) is 4.90 Å². The van der Waals surface area contributed by atoms with Gasteiger partial charge in [0.25, 0.3) is 6.43 Å². The van der Waals surface area contributed by atoms with Gasteiger partial charge in [0.15, 0.2) is 0 Å². The number of rotatable bonds is 6. The largest absolute Gasteiger partial charge is 0.490 e. The van der Waals surface area contributed by atoms with Crippen LogP contribution in [0.25, 0.3) is 10.8 Å². The van der Waals surface area contributed by atoms with Crippen LogP contribution in [0.4, 0.5) is 8.78 Å². The summed E-state index contributed by atoms with van der Waals surface area (Å²) >= 11 is 0. The Kier molecular flexibility index (Phi) is 6.30. The van der Waals surface area contributed by atoms with Crippen LogP contribution in [0.1, 0.15) is 75.8 Å². The van der Waals surface area contributed by atoms with E-state index in [4.69, 9.17) is 4.74 Å². The second-order valence-electron chi connectivity index (χ2n) is 10.4. The maximum absolute atomic E-state index is 14.1. The van der Waals surface area contributed by atoms with E-state index < -0.39 is 12.4 Å². The smallest absolute Gasteiger partial charge is 0.306 e. The normalized spacial score (nSPS) is 30.1. The van der Waals surface area contributed by atoms with Gasteiger partial charge in [0.05, 0.1) is 17.6 Å². The van der Waals surface area contributed by atoms with Gasteiger partial charge in [-0.05, 0) is 85.8 Å². The maximum Gasteiger partial charge on any atom is 0.306 e. The van der Waals surface area contributed by atoms with Gasteiger partial charge in [0.2, 0.25) is 0 Å². The van der Waals surface area contributed by atoms with Crippen molar-refractivity contribution in [2.75, 3.05) is 0 Å². The number of hydrogen-bond donors (Lipinski definition) is 1. The van der Waals surface area contributed by atoms with E-state index in [1.165, 1.54) is 0 Å². The molecule has 3 fully saturated rings. The fraction of sp³-hybridized carbons (Fsp3) is 0.593. The predicted molar refractivity (Wildman–Crippen MR) is 124 cm³/mol. The summed E-state index contributed by atoms with van der Waals surface area (Å²) in [5.74, 6) is 0.0745. The van der Waals surface area contributed by atoms with Crippen molar-refractivity contribution in [3.63, 3.8) is 0 Å². The summed E-state index contributed by atoms with van der Waals surface area (Å²) in [5.41, 5.74) is 1.09. The van der Waals surface area contributed by atoms with E-state index in [9.17, 15) is 18.7 Å². The van der Waals surface area contributed by atoms with Crippen molar-refractivity contribution in [3.8, 4) is 5.75 Å². The Morgan fingerprint density at radius 1 is 1.06 bits per heavy atom. The van der Waals surface area contributed by atoms with Gasteiger partial charge >= 0.3 is 5.97 Å². The first-order valence-electron chi connectivity index (χ1n) is 12.4. The topological polar surface area (TPSA) is 49.8 Å². The number of halogens is 2. The monoisotopic (exact) mass is 457 g/mol. The van der Waals surface area contributed by atoms with Crippen LogP contribution in [0, 0.1) is 11.8 Å². The highest BCUT2D eigenvalue weighted by molar-refractivity contribution is 5.88. The average molecular weight is 458 g/mol. The summed E-state index contributed by atoms with van der Waals surface area (Å²) < 4.78 is 34.3. The quantitative estimate of drug-likeness (QED) is 0.534. The lowest BCUT2D eigenvalue weighted by molar-refractivity contribution is -0.144. The van der Waals surface area contributed by atoms with Gasteiger partial charge in [-0.2, -0.15) is 0 Å². The lowest BCUT2D eigenvalue weighted by Gasteiger charge is -2.37. The third-order valence-electron chi connectivity index (χ3n) is 8.16. The number of hydrogen-bond acceptors (Lipinski definition) is 3. The summed E-state index contributed by atoms with van der Waals surface area (Å²) in [6, 6.07) is 9.98. The predicted octanol–water partition coefficient (Wildman–Crippen LogP) is 6.56. The molecule has 5 rings (SSSR count). The molecule has 178 valence electrons. The Morgan fingerprint density at radius 3 is 2.39 bits per heavy atom. The lowest BCUT2D eigenvalue weighted by Crippen LogP contribution is -2.44.